The summed E-state index contributed by atoms with van der Waals surface area (Å²) < 4.78 is 2.10. The fourth-order valence-corrected chi connectivity index (χ4v) is 5.78. The van der Waals surface area contributed by atoms with Crippen LogP contribution in [0.5, 0.6) is 0 Å². The smallest absolute Gasteiger partial charge is 0.166 e. The van der Waals surface area contributed by atoms with Crippen molar-refractivity contribution in [3.8, 4) is 0 Å². The summed E-state index contributed by atoms with van der Waals surface area (Å²) in [5, 5.41) is 2.63. The molecule has 0 radical (unpaired) electrons. The van der Waals surface area contributed by atoms with Crippen molar-refractivity contribution in [2.24, 2.45) is 13.0 Å². The average Bonchev–Trinajstić information content (AvgIpc) is 2.87. The van der Waals surface area contributed by atoms with Crippen LogP contribution in [0, 0.1) is 5.92 Å². The van der Waals surface area contributed by atoms with E-state index in [9.17, 15) is 4.79 Å². The first-order valence-corrected chi connectivity index (χ1v) is 8.90. The van der Waals surface area contributed by atoms with E-state index in [2.05, 4.69) is 40.7 Å². The normalized spacial score (nSPS) is 28.7. The van der Waals surface area contributed by atoms with Gasteiger partial charge in [-0.05, 0) is 49.9 Å². The molecule has 4 rings (SSSR count). The summed E-state index contributed by atoms with van der Waals surface area (Å²) >= 11 is 2.14. The maximum atomic E-state index is 12.9. The summed E-state index contributed by atoms with van der Waals surface area (Å²) in [4.78, 5) is 12.9. The Balaban J connectivity index is 1.60. The first-order valence-electron chi connectivity index (χ1n) is 7.95. The maximum Gasteiger partial charge on any atom is 0.166 e. The number of ketones is 1. The molecule has 1 aromatic heterocycles. The summed E-state index contributed by atoms with van der Waals surface area (Å²) in [5.41, 5.74) is 2.10. The fraction of sp³-hybridized carbons (Fsp3) is 0.500. The Bertz CT molecular complexity index is 678. The summed E-state index contributed by atoms with van der Waals surface area (Å²) in [5.74, 6) is 0.626. The molecule has 3 heterocycles. The van der Waals surface area contributed by atoms with Gasteiger partial charge in [-0.25, -0.2) is 0 Å². The Morgan fingerprint density at radius 3 is 2.71 bits per heavy atom. The Morgan fingerprint density at radius 2 is 1.95 bits per heavy atom. The molecule has 2 bridgehead atoms. The van der Waals surface area contributed by atoms with E-state index < -0.39 is 0 Å². The van der Waals surface area contributed by atoms with Gasteiger partial charge in [0.15, 0.2) is 5.78 Å². The number of aromatic nitrogens is 1. The Labute approximate surface area is 129 Å². The maximum absolute atomic E-state index is 12.9. The van der Waals surface area contributed by atoms with Crippen molar-refractivity contribution in [2.75, 3.05) is 0 Å². The largest absolute Gasteiger partial charge is 0.351 e. The number of hydrogen-bond donors (Lipinski definition) is 0. The van der Waals surface area contributed by atoms with E-state index in [1.807, 2.05) is 13.1 Å². The highest BCUT2D eigenvalue weighted by molar-refractivity contribution is 8.00. The fourth-order valence-electron chi connectivity index (χ4n) is 3.94. The molecule has 110 valence electrons. The van der Waals surface area contributed by atoms with Gasteiger partial charge in [-0.1, -0.05) is 6.42 Å². The highest BCUT2D eigenvalue weighted by Gasteiger charge is 2.35. The Hall–Kier alpha value is -1.22. The average molecular weight is 299 g/mol. The molecule has 2 nitrogen and oxygen atoms in total. The lowest BCUT2D eigenvalue weighted by molar-refractivity contribution is 0.0897. The van der Waals surface area contributed by atoms with Crippen molar-refractivity contribution in [1.29, 1.82) is 0 Å². The van der Waals surface area contributed by atoms with E-state index in [0.717, 1.165) is 28.9 Å². The van der Waals surface area contributed by atoms with E-state index in [0.29, 0.717) is 5.78 Å². The van der Waals surface area contributed by atoms with E-state index in [1.54, 1.807) is 0 Å². The van der Waals surface area contributed by atoms with Gasteiger partial charge in [0.05, 0.1) is 0 Å². The summed E-state index contributed by atoms with van der Waals surface area (Å²) in [6, 6.07) is 8.27. The third-order valence-corrected chi connectivity index (χ3v) is 6.70. The molecule has 1 aromatic carbocycles. The summed E-state index contributed by atoms with van der Waals surface area (Å²) in [6.45, 7) is 0. The van der Waals surface area contributed by atoms with Crippen LogP contribution in [0.4, 0.5) is 0 Å². The third kappa shape index (κ3) is 2.42. The topological polar surface area (TPSA) is 22.0 Å². The number of hydrogen-bond acceptors (Lipinski definition) is 2. The zero-order valence-corrected chi connectivity index (χ0v) is 13.2. The SMILES string of the molecule is Cn1ccc2cc(C(=O)C3CC4CCCC(C3)S4)ccc21. The molecule has 0 N–H and O–H groups in total. The summed E-state index contributed by atoms with van der Waals surface area (Å²) in [6.07, 6.45) is 8.21. The second-order valence-electron chi connectivity index (χ2n) is 6.54. The van der Waals surface area contributed by atoms with Gasteiger partial charge in [0.1, 0.15) is 0 Å². The highest BCUT2D eigenvalue weighted by atomic mass is 32.2. The van der Waals surface area contributed by atoms with Crippen molar-refractivity contribution >= 4 is 28.4 Å². The number of carbonyl (C=O) groups excluding carboxylic acids is 1. The van der Waals surface area contributed by atoms with Crippen molar-refractivity contribution in [3.63, 3.8) is 0 Å². The lowest BCUT2D eigenvalue weighted by Gasteiger charge is -2.37. The van der Waals surface area contributed by atoms with Crippen LogP contribution in [0.15, 0.2) is 30.5 Å². The molecule has 3 heteroatoms. The lowest BCUT2D eigenvalue weighted by atomic mass is 9.84. The van der Waals surface area contributed by atoms with Crippen LogP contribution in [0.25, 0.3) is 10.9 Å². The van der Waals surface area contributed by atoms with E-state index in [-0.39, 0.29) is 5.92 Å². The number of carbonyl (C=O) groups is 1. The van der Waals surface area contributed by atoms with Crippen LogP contribution >= 0.6 is 11.8 Å². The molecule has 2 aliphatic heterocycles. The lowest BCUT2D eigenvalue weighted by Crippen LogP contribution is -2.32. The van der Waals surface area contributed by atoms with Crippen LogP contribution in [0.3, 0.4) is 0 Å². The number of Topliss-reactive ketones (excluding diaryl/α,β-unsaturated/α-hetero) is 1. The van der Waals surface area contributed by atoms with Gasteiger partial charge in [-0.3, -0.25) is 4.79 Å². The molecule has 0 saturated carbocycles. The zero-order chi connectivity index (χ0) is 14.4. The Kier molecular flexibility index (Phi) is 3.33. The van der Waals surface area contributed by atoms with Gasteiger partial charge >= 0.3 is 0 Å². The Morgan fingerprint density at radius 1 is 1.19 bits per heavy atom. The molecule has 0 aliphatic carbocycles. The van der Waals surface area contributed by atoms with Crippen molar-refractivity contribution < 1.29 is 4.79 Å². The number of aryl methyl sites for hydroxylation is 1. The predicted molar refractivity (Wildman–Crippen MR) is 89.0 cm³/mol. The molecule has 2 saturated heterocycles. The molecule has 21 heavy (non-hydrogen) atoms. The molecule has 2 aliphatic rings. The van der Waals surface area contributed by atoms with Crippen LogP contribution in [0.2, 0.25) is 0 Å². The monoisotopic (exact) mass is 299 g/mol. The molecular weight excluding hydrogens is 278 g/mol. The standard InChI is InChI=1S/C18H21NOS/c1-19-8-7-12-9-13(5-6-17(12)19)18(20)14-10-15-3-2-4-16(11-14)21-15/h5-9,14-16H,2-4,10-11H2,1H3. The molecule has 2 unspecified atom stereocenters. The van der Waals surface area contributed by atoms with Crippen molar-refractivity contribution in [1.82, 2.24) is 4.57 Å². The van der Waals surface area contributed by atoms with E-state index in [4.69, 9.17) is 0 Å². The molecule has 0 amide bonds. The molecule has 2 atom stereocenters. The zero-order valence-electron chi connectivity index (χ0n) is 12.4. The second kappa shape index (κ2) is 5.20. The van der Waals surface area contributed by atoms with Gasteiger partial charge in [0.25, 0.3) is 0 Å². The minimum Gasteiger partial charge on any atom is -0.351 e. The number of nitrogens with zero attached hydrogens (tertiary/aromatic N) is 1. The van der Waals surface area contributed by atoms with Gasteiger partial charge < -0.3 is 4.57 Å². The van der Waals surface area contributed by atoms with Crippen LogP contribution in [-0.2, 0) is 7.05 Å². The summed E-state index contributed by atoms with van der Waals surface area (Å²) in [7, 11) is 2.05. The van der Waals surface area contributed by atoms with Gasteiger partial charge in [0.2, 0.25) is 0 Å². The van der Waals surface area contributed by atoms with Gasteiger partial charge in [0, 0.05) is 46.1 Å². The van der Waals surface area contributed by atoms with E-state index in [1.165, 1.54) is 30.2 Å². The number of rotatable bonds is 2. The first kappa shape index (κ1) is 13.4. The molecule has 2 aromatic rings. The number of benzene rings is 1. The quantitative estimate of drug-likeness (QED) is 0.766. The minimum atomic E-state index is 0.253. The molecule has 0 spiro atoms. The predicted octanol–water partition coefficient (Wildman–Crippen LogP) is 4.43. The van der Waals surface area contributed by atoms with Crippen LogP contribution in [-0.4, -0.2) is 20.9 Å². The minimum absolute atomic E-state index is 0.253. The van der Waals surface area contributed by atoms with Gasteiger partial charge in [-0.15, -0.1) is 0 Å². The van der Waals surface area contributed by atoms with Crippen LogP contribution in [0.1, 0.15) is 42.5 Å². The van der Waals surface area contributed by atoms with Crippen LogP contribution < -0.4 is 0 Å². The van der Waals surface area contributed by atoms with Gasteiger partial charge in [-0.2, -0.15) is 11.8 Å². The highest BCUT2D eigenvalue weighted by Crippen LogP contribution is 2.44. The first-order chi connectivity index (χ1) is 10.2. The number of thioether (sulfide) groups is 1. The van der Waals surface area contributed by atoms with E-state index >= 15 is 0 Å². The number of fused-ring (bicyclic) bond motifs is 3. The van der Waals surface area contributed by atoms with Crippen molar-refractivity contribution in [2.45, 2.75) is 42.6 Å². The molecule has 2 fully saturated rings. The molecular formula is C18H21NOS. The third-order valence-electron chi connectivity index (χ3n) is 5.07. The van der Waals surface area contributed by atoms with Crippen molar-refractivity contribution in [3.05, 3.63) is 36.0 Å². The second-order valence-corrected chi connectivity index (χ2v) is 8.15.